The van der Waals surface area contributed by atoms with Crippen LogP contribution < -0.4 is 33.2 Å². The van der Waals surface area contributed by atoms with E-state index in [9.17, 15) is 33.9 Å². The van der Waals surface area contributed by atoms with E-state index in [1.165, 1.54) is 18.7 Å². The number of nitrogens with one attached hydrogen (secondary N) is 3. The van der Waals surface area contributed by atoms with Crippen molar-refractivity contribution in [2.45, 2.75) is 63.2 Å². The molecule has 5 amide bonds. The summed E-state index contributed by atoms with van der Waals surface area (Å²) in [5.41, 5.74) is 15.7. The zero-order valence-electron chi connectivity index (χ0n) is 18.1. The summed E-state index contributed by atoms with van der Waals surface area (Å²) in [5, 5.41) is 16.4. The molecular weight excluding hydrogens is 444 g/mol. The Morgan fingerprint density at radius 3 is 1.59 bits per heavy atom. The van der Waals surface area contributed by atoms with E-state index in [1.807, 2.05) is 6.26 Å². The molecule has 0 heterocycles. The van der Waals surface area contributed by atoms with Gasteiger partial charge >= 0.3 is 5.97 Å². The second kappa shape index (κ2) is 15.0. The van der Waals surface area contributed by atoms with Crippen molar-refractivity contribution in [3.05, 3.63) is 0 Å². The highest BCUT2D eigenvalue weighted by Gasteiger charge is 2.30. The summed E-state index contributed by atoms with van der Waals surface area (Å²) in [6, 6.07) is -4.62. The van der Waals surface area contributed by atoms with Crippen molar-refractivity contribution < 1.29 is 33.9 Å². The fraction of sp³-hybridized carbons (Fsp3) is 0.667. The summed E-state index contributed by atoms with van der Waals surface area (Å²) >= 11 is 1.44. The van der Waals surface area contributed by atoms with Crippen LogP contribution in [0.1, 0.15) is 39.0 Å². The van der Waals surface area contributed by atoms with E-state index in [0.717, 1.165) is 0 Å². The van der Waals surface area contributed by atoms with Crippen molar-refractivity contribution in [2.24, 2.45) is 17.2 Å². The topological polar surface area (TPSA) is 237 Å². The van der Waals surface area contributed by atoms with Gasteiger partial charge in [0.15, 0.2) is 0 Å². The number of carbonyl (C=O) groups excluding carboxylic acids is 5. The molecule has 0 aliphatic carbocycles. The average molecular weight is 477 g/mol. The Labute approximate surface area is 189 Å². The molecule has 0 bridgehead atoms. The minimum absolute atomic E-state index is 0.203. The molecule has 0 saturated heterocycles. The number of carbonyl (C=O) groups is 6. The number of amides is 5. The first-order chi connectivity index (χ1) is 14.9. The van der Waals surface area contributed by atoms with Crippen LogP contribution in [0, 0.1) is 0 Å². The molecule has 0 aromatic heterocycles. The maximum absolute atomic E-state index is 12.8. The number of thioether (sulfide) groups is 1. The lowest BCUT2D eigenvalue weighted by molar-refractivity contribution is -0.142. The smallest absolute Gasteiger partial charge is 0.326 e. The van der Waals surface area contributed by atoms with Crippen LogP contribution in [0.2, 0.25) is 0 Å². The second-order valence-electron chi connectivity index (χ2n) is 7.10. The molecule has 4 atom stereocenters. The third-order valence-electron chi connectivity index (χ3n) is 4.26. The number of hydrogen-bond acceptors (Lipinski definition) is 8. The Morgan fingerprint density at radius 2 is 1.19 bits per heavy atom. The zero-order chi connectivity index (χ0) is 24.8. The molecule has 0 fully saturated rings. The Hall–Kier alpha value is -2.87. The largest absolute Gasteiger partial charge is 0.480 e. The molecule has 0 saturated carbocycles. The SMILES string of the molecule is CSCC[C@H](NC(=O)[C@H](C)N)C(=O)N[C@@H](CCC(N)=O)C(=O)N[C@@H](CCC(N)=O)C(=O)O. The molecule has 0 radical (unpaired) electrons. The molecule has 0 unspecified atom stereocenters. The van der Waals surface area contributed by atoms with Gasteiger partial charge in [0.2, 0.25) is 29.5 Å². The Bertz CT molecular complexity index is 703. The molecule has 0 aliphatic rings. The van der Waals surface area contributed by atoms with Crippen LogP contribution in [-0.2, 0) is 28.8 Å². The van der Waals surface area contributed by atoms with Crippen LogP contribution in [-0.4, -0.2) is 76.8 Å². The summed E-state index contributed by atoms with van der Waals surface area (Å²) < 4.78 is 0. The number of primary amides is 2. The molecule has 14 heteroatoms. The highest BCUT2D eigenvalue weighted by Crippen LogP contribution is 2.06. The van der Waals surface area contributed by atoms with Crippen molar-refractivity contribution in [1.29, 1.82) is 0 Å². The third-order valence-corrected chi connectivity index (χ3v) is 4.91. The number of aliphatic carboxylic acids is 1. The molecule has 0 spiro atoms. The molecule has 0 aromatic carbocycles. The zero-order valence-corrected chi connectivity index (χ0v) is 18.9. The van der Waals surface area contributed by atoms with Gasteiger partial charge in [0.05, 0.1) is 6.04 Å². The van der Waals surface area contributed by atoms with E-state index in [2.05, 4.69) is 16.0 Å². The highest BCUT2D eigenvalue weighted by molar-refractivity contribution is 7.98. The number of nitrogens with two attached hydrogens (primary N) is 3. The van der Waals surface area contributed by atoms with Crippen LogP contribution in [0.5, 0.6) is 0 Å². The van der Waals surface area contributed by atoms with E-state index in [-0.39, 0.29) is 32.1 Å². The van der Waals surface area contributed by atoms with Crippen molar-refractivity contribution in [3.63, 3.8) is 0 Å². The van der Waals surface area contributed by atoms with Gasteiger partial charge in [-0.25, -0.2) is 4.79 Å². The number of rotatable bonds is 16. The Morgan fingerprint density at radius 1 is 0.781 bits per heavy atom. The first-order valence-corrected chi connectivity index (χ1v) is 11.2. The molecule has 0 aromatic rings. The minimum atomic E-state index is -1.44. The van der Waals surface area contributed by atoms with E-state index in [0.29, 0.717) is 5.75 Å². The Balaban J connectivity index is 5.45. The lowest BCUT2D eigenvalue weighted by Crippen LogP contribution is -2.57. The third kappa shape index (κ3) is 12.1. The number of carboxylic acid groups (broad SMARTS) is 1. The summed E-state index contributed by atoms with van der Waals surface area (Å²) in [5.74, 6) is -4.53. The van der Waals surface area contributed by atoms with E-state index in [4.69, 9.17) is 17.2 Å². The summed E-state index contributed by atoms with van der Waals surface area (Å²) in [7, 11) is 0. The highest BCUT2D eigenvalue weighted by atomic mass is 32.2. The van der Waals surface area contributed by atoms with E-state index in [1.54, 1.807) is 0 Å². The van der Waals surface area contributed by atoms with Crippen molar-refractivity contribution in [2.75, 3.05) is 12.0 Å². The van der Waals surface area contributed by atoms with Crippen LogP contribution in [0.3, 0.4) is 0 Å². The van der Waals surface area contributed by atoms with Gasteiger partial charge in [0.1, 0.15) is 18.1 Å². The van der Waals surface area contributed by atoms with Gasteiger partial charge in [-0.05, 0) is 38.2 Å². The standard InChI is InChI=1S/C18H32N6O7S/c1-9(19)15(27)22-11(7-8-32-2)17(29)23-10(3-5-13(20)25)16(28)24-12(18(30)31)4-6-14(21)26/h9-12H,3-8,19H2,1-2H3,(H2,20,25)(H2,21,26)(H,22,27)(H,23,29)(H,24,28)(H,30,31)/t9-,10-,11-,12-/m0/s1. The monoisotopic (exact) mass is 476 g/mol. The van der Waals surface area contributed by atoms with Crippen LogP contribution in [0.4, 0.5) is 0 Å². The lowest BCUT2D eigenvalue weighted by Gasteiger charge is -2.24. The van der Waals surface area contributed by atoms with Gasteiger partial charge in [-0.3, -0.25) is 24.0 Å². The molecule has 182 valence electrons. The first kappa shape index (κ1) is 29.1. The van der Waals surface area contributed by atoms with Crippen molar-refractivity contribution >= 4 is 47.3 Å². The van der Waals surface area contributed by atoms with E-state index < -0.39 is 59.7 Å². The lowest BCUT2D eigenvalue weighted by atomic mass is 10.1. The molecule has 32 heavy (non-hydrogen) atoms. The minimum Gasteiger partial charge on any atom is -0.480 e. The Kier molecular flexibility index (Phi) is 13.7. The summed E-state index contributed by atoms with van der Waals surface area (Å²) in [6.07, 6.45) is 1.05. The first-order valence-electron chi connectivity index (χ1n) is 9.84. The molecule has 0 rings (SSSR count). The molecule has 13 nitrogen and oxygen atoms in total. The number of hydrogen-bond donors (Lipinski definition) is 7. The predicted molar refractivity (Wildman–Crippen MR) is 117 cm³/mol. The van der Waals surface area contributed by atoms with Gasteiger partial charge in [-0.2, -0.15) is 11.8 Å². The van der Waals surface area contributed by atoms with Gasteiger partial charge in [0, 0.05) is 12.8 Å². The second-order valence-corrected chi connectivity index (χ2v) is 8.09. The van der Waals surface area contributed by atoms with Crippen LogP contribution in [0.15, 0.2) is 0 Å². The molecule has 10 N–H and O–H groups in total. The maximum atomic E-state index is 12.8. The van der Waals surface area contributed by atoms with Crippen LogP contribution >= 0.6 is 11.8 Å². The van der Waals surface area contributed by atoms with Gasteiger partial charge in [0.25, 0.3) is 0 Å². The summed E-state index contributed by atoms with van der Waals surface area (Å²) in [6.45, 7) is 1.44. The number of carboxylic acids is 1. The fourth-order valence-corrected chi connectivity index (χ4v) is 2.92. The maximum Gasteiger partial charge on any atom is 0.326 e. The van der Waals surface area contributed by atoms with E-state index >= 15 is 0 Å². The average Bonchev–Trinajstić information content (AvgIpc) is 2.69. The van der Waals surface area contributed by atoms with Gasteiger partial charge < -0.3 is 38.3 Å². The summed E-state index contributed by atoms with van der Waals surface area (Å²) in [4.78, 5) is 70.8. The quantitative estimate of drug-likeness (QED) is 0.121. The van der Waals surface area contributed by atoms with Crippen molar-refractivity contribution in [3.8, 4) is 0 Å². The molecular formula is C18H32N6O7S. The van der Waals surface area contributed by atoms with Gasteiger partial charge in [-0.15, -0.1) is 0 Å². The van der Waals surface area contributed by atoms with Crippen LogP contribution in [0.25, 0.3) is 0 Å². The normalized spacial score (nSPS) is 14.3. The predicted octanol–water partition coefficient (Wildman–Crippen LogP) is -2.84. The van der Waals surface area contributed by atoms with Gasteiger partial charge in [-0.1, -0.05) is 0 Å². The molecule has 0 aliphatic heterocycles. The fourth-order valence-electron chi connectivity index (χ4n) is 2.45. The van der Waals surface area contributed by atoms with Crippen molar-refractivity contribution in [1.82, 2.24) is 16.0 Å².